The van der Waals surface area contributed by atoms with Crippen LogP contribution in [0.25, 0.3) is 11.1 Å². The van der Waals surface area contributed by atoms with E-state index in [9.17, 15) is 24.0 Å². The maximum Gasteiger partial charge on any atom is 0.437 e. The Kier molecular flexibility index (Phi) is 15.5. The van der Waals surface area contributed by atoms with Crippen LogP contribution in [0.1, 0.15) is 117 Å². The molecular formula is C45H59F2N7O9. The molecule has 0 aliphatic carbocycles. The molecule has 0 unspecified atom stereocenters. The summed E-state index contributed by atoms with van der Waals surface area (Å²) in [6.45, 7) is 21.2. The molecule has 2 aliphatic rings. The van der Waals surface area contributed by atoms with Crippen molar-refractivity contribution in [2.24, 2.45) is 9.98 Å². The number of halogens is 2. The Morgan fingerprint density at radius 1 is 0.587 bits per heavy atom. The Balaban J connectivity index is 1.43. The Labute approximate surface area is 367 Å². The summed E-state index contributed by atoms with van der Waals surface area (Å²) in [5.74, 6) is -2.27. The van der Waals surface area contributed by atoms with Crippen molar-refractivity contribution in [1.29, 1.82) is 0 Å². The third-order valence-electron chi connectivity index (χ3n) is 8.59. The van der Waals surface area contributed by atoms with Gasteiger partial charge in [0.2, 0.25) is 11.9 Å². The number of rotatable bonds is 4. The largest absolute Gasteiger partial charge is 0.444 e. The number of carbonyl (C=O) groups is 5. The smallest absolute Gasteiger partial charge is 0.437 e. The van der Waals surface area contributed by atoms with Gasteiger partial charge in [0.05, 0.1) is 5.69 Å². The van der Waals surface area contributed by atoms with Gasteiger partial charge in [0.25, 0.3) is 5.91 Å². The number of ether oxygens (including phenoxy) is 4. The second kappa shape index (κ2) is 19.8. The van der Waals surface area contributed by atoms with Crippen molar-refractivity contribution in [3.8, 4) is 0 Å². The molecule has 63 heavy (non-hydrogen) atoms. The third kappa shape index (κ3) is 16.1. The maximum absolute atomic E-state index is 15.6. The van der Waals surface area contributed by atoms with Gasteiger partial charge in [-0.25, -0.2) is 28.0 Å². The molecule has 0 aromatic heterocycles. The standard InChI is InChI=1S/C45H59F2N7O9/c1-42(2,3)60-38(56)49-36(50-39(57)61-43(4,5)6)53-21-17-27(18-22-53)29-14-16-34(33(47)25-29)48-35(55)30-13-15-31(32(46)26-30)28-19-23-54(24-20-28)37(51-40(58)62-44(7,8)9)52-41(59)63-45(10,11)12/h13-17,19,25-26H,18,20-24H2,1-12H3,(H,48,55)(H,49,50,56,57)(H,51,52,58,59). The summed E-state index contributed by atoms with van der Waals surface area (Å²) in [5.41, 5.74) is -1.21. The number of aliphatic imine (C=N–C) groups is 2. The first-order chi connectivity index (χ1) is 29.0. The van der Waals surface area contributed by atoms with Gasteiger partial charge in [-0.3, -0.25) is 15.4 Å². The zero-order valence-electron chi connectivity index (χ0n) is 38.1. The highest BCUT2D eigenvalue weighted by atomic mass is 19.1. The van der Waals surface area contributed by atoms with Crippen LogP contribution in [-0.2, 0) is 18.9 Å². The van der Waals surface area contributed by atoms with E-state index in [0.29, 0.717) is 30.5 Å². The molecule has 0 saturated carbocycles. The maximum atomic E-state index is 15.6. The molecule has 18 heteroatoms. The lowest BCUT2D eigenvalue weighted by Crippen LogP contribution is -2.48. The Bertz CT molecular complexity index is 2210. The molecule has 0 radical (unpaired) electrons. The highest BCUT2D eigenvalue weighted by Crippen LogP contribution is 2.29. The Hall–Kier alpha value is -6.33. The number of nitrogens with one attached hydrogen (secondary N) is 3. The van der Waals surface area contributed by atoms with Crippen LogP contribution in [0.5, 0.6) is 0 Å². The molecule has 4 rings (SSSR count). The van der Waals surface area contributed by atoms with Crippen molar-refractivity contribution in [1.82, 2.24) is 20.4 Å². The topological polar surface area (TPSA) is 190 Å². The van der Waals surface area contributed by atoms with Crippen LogP contribution < -0.4 is 16.0 Å². The molecule has 3 N–H and O–H groups in total. The van der Waals surface area contributed by atoms with Crippen molar-refractivity contribution in [3.63, 3.8) is 0 Å². The fraction of sp³-hybridized carbons (Fsp3) is 0.489. The average molecular weight is 880 g/mol. The van der Waals surface area contributed by atoms with E-state index in [4.69, 9.17) is 18.9 Å². The lowest BCUT2D eigenvalue weighted by atomic mass is 9.97. The lowest BCUT2D eigenvalue weighted by Gasteiger charge is -2.30. The summed E-state index contributed by atoms with van der Waals surface area (Å²) in [6, 6.07) is 8.30. The number of guanidine groups is 2. The summed E-state index contributed by atoms with van der Waals surface area (Å²) in [4.78, 5) is 74.8. The minimum Gasteiger partial charge on any atom is -0.444 e. The number of benzene rings is 2. The summed E-state index contributed by atoms with van der Waals surface area (Å²) < 4.78 is 52.4. The molecular weight excluding hydrogens is 821 g/mol. The first-order valence-corrected chi connectivity index (χ1v) is 20.5. The summed E-state index contributed by atoms with van der Waals surface area (Å²) >= 11 is 0. The first kappa shape index (κ1) is 49.3. The van der Waals surface area contributed by atoms with Crippen molar-refractivity contribution in [2.45, 2.75) is 118 Å². The van der Waals surface area contributed by atoms with Crippen LogP contribution in [0.15, 0.2) is 58.5 Å². The SMILES string of the molecule is CC(C)(C)OC(=O)N=C(NC(=O)OC(C)(C)C)N1CC=C(c2ccc(NC(=O)c3ccc(C4=CCN(C(=NC(=O)OC(C)(C)C)NC(=O)OC(C)(C)C)CC4)c(F)c3)c(F)c2)CC1. The summed E-state index contributed by atoms with van der Waals surface area (Å²) in [5, 5.41) is 7.57. The third-order valence-corrected chi connectivity index (χ3v) is 8.59. The first-order valence-electron chi connectivity index (χ1n) is 20.5. The summed E-state index contributed by atoms with van der Waals surface area (Å²) in [6.07, 6.45) is 0.771. The number of alkyl carbamates (subject to hydrolysis) is 2. The average Bonchev–Trinajstić information content (AvgIpc) is 3.12. The van der Waals surface area contributed by atoms with Crippen LogP contribution in [-0.4, -0.2) is 101 Å². The molecule has 16 nitrogen and oxygen atoms in total. The molecule has 5 amide bonds. The molecule has 0 saturated heterocycles. The van der Waals surface area contributed by atoms with Gasteiger partial charge in [-0.05, 0) is 137 Å². The van der Waals surface area contributed by atoms with Gasteiger partial charge in [0, 0.05) is 37.3 Å². The fourth-order valence-electron chi connectivity index (χ4n) is 6.04. The predicted molar refractivity (Wildman–Crippen MR) is 235 cm³/mol. The minimum absolute atomic E-state index is 0.0370. The fourth-order valence-corrected chi connectivity index (χ4v) is 6.04. The molecule has 0 bridgehead atoms. The second-order valence-electron chi connectivity index (χ2n) is 18.8. The quantitative estimate of drug-likeness (QED) is 0.151. The van der Waals surface area contributed by atoms with Crippen LogP contribution in [0.4, 0.5) is 33.6 Å². The number of carbonyl (C=O) groups excluding carboxylic acids is 5. The second-order valence-corrected chi connectivity index (χ2v) is 18.8. The van der Waals surface area contributed by atoms with E-state index in [-0.39, 0.29) is 48.4 Å². The lowest BCUT2D eigenvalue weighted by molar-refractivity contribution is 0.0536. The van der Waals surface area contributed by atoms with Gasteiger partial charge in [-0.1, -0.05) is 24.3 Å². The van der Waals surface area contributed by atoms with Crippen LogP contribution in [0.2, 0.25) is 0 Å². The van der Waals surface area contributed by atoms with Gasteiger partial charge < -0.3 is 34.1 Å². The van der Waals surface area contributed by atoms with E-state index in [1.54, 1.807) is 111 Å². The molecule has 2 aliphatic heterocycles. The van der Waals surface area contributed by atoms with Crippen molar-refractivity contribution >= 4 is 59.0 Å². The van der Waals surface area contributed by atoms with Gasteiger partial charge in [0.1, 0.15) is 34.0 Å². The van der Waals surface area contributed by atoms with E-state index < -0.39 is 64.3 Å². The van der Waals surface area contributed by atoms with Crippen molar-refractivity contribution in [3.05, 3.63) is 76.9 Å². The molecule has 342 valence electrons. The molecule has 2 heterocycles. The number of anilines is 1. The highest BCUT2D eigenvalue weighted by molar-refractivity contribution is 6.05. The van der Waals surface area contributed by atoms with E-state index in [1.165, 1.54) is 24.3 Å². The van der Waals surface area contributed by atoms with Crippen molar-refractivity contribution in [2.75, 3.05) is 31.5 Å². The predicted octanol–water partition coefficient (Wildman–Crippen LogP) is 9.03. The summed E-state index contributed by atoms with van der Waals surface area (Å²) in [7, 11) is 0. The van der Waals surface area contributed by atoms with E-state index in [2.05, 4.69) is 25.9 Å². The normalized spacial score (nSPS) is 15.4. The molecule has 2 aromatic rings. The van der Waals surface area contributed by atoms with Gasteiger partial charge in [-0.15, -0.1) is 9.98 Å². The molecule has 0 fully saturated rings. The number of amides is 5. The van der Waals surface area contributed by atoms with E-state index in [1.807, 2.05) is 0 Å². The van der Waals surface area contributed by atoms with Crippen LogP contribution >= 0.6 is 0 Å². The molecule has 0 atom stereocenters. The van der Waals surface area contributed by atoms with Gasteiger partial charge in [0.15, 0.2) is 0 Å². The van der Waals surface area contributed by atoms with Crippen LogP contribution in [0, 0.1) is 11.6 Å². The number of nitrogens with zero attached hydrogens (tertiary/aromatic N) is 4. The zero-order valence-corrected chi connectivity index (χ0v) is 38.1. The van der Waals surface area contributed by atoms with Gasteiger partial charge >= 0.3 is 24.4 Å². The number of hydrogen-bond donors (Lipinski definition) is 3. The monoisotopic (exact) mass is 879 g/mol. The van der Waals surface area contributed by atoms with Crippen molar-refractivity contribution < 1.29 is 51.7 Å². The van der Waals surface area contributed by atoms with Crippen LogP contribution in [0.3, 0.4) is 0 Å². The Morgan fingerprint density at radius 2 is 1.05 bits per heavy atom. The Morgan fingerprint density at radius 3 is 1.44 bits per heavy atom. The van der Waals surface area contributed by atoms with E-state index >= 15 is 8.78 Å². The van der Waals surface area contributed by atoms with Gasteiger partial charge in [-0.2, -0.15) is 0 Å². The molecule has 0 spiro atoms. The molecule has 2 aromatic carbocycles. The highest BCUT2D eigenvalue weighted by Gasteiger charge is 2.28. The van der Waals surface area contributed by atoms with E-state index in [0.717, 1.165) is 11.6 Å². The minimum atomic E-state index is -0.913. The number of hydrogen-bond acceptors (Lipinski definition) is 9. The zero-order chi connectivity index (χ0) is 47.1.